The van der Waals surface area contributed by atoms with Gasteiger partial charge in [-0.1, -0.05) is 83.9 Å². The van der Waals surface area contributed by atoms with Crippen LogP contribution in [-0.2, 0) is 11.3 Å². The summed E-state index contributed by atoms with van der Waals surface area (Å²) in [6.45, 7) is 4.79. The molecule has 0 spiro atoms. The molecule has 1 amide bonds. The van der Waals surface area contributed by atoms with Gasteiger partial charge in [-0.2, -0.15) is 0 Å². The molecule has 0 saturated carbocycles. The number of carbonyl (C=O) groups is 1. The number of hydrogen-bond donors (Lipinski definition) is 0. The summed E-state index contributed by atoms with van der Waals surface area (Å²) >= 11 is 14.9. The van der Waals surface area contributed by atoms with Crippen molar-refractivity contribution in [2.24, 2.45) is 0 Å². The van der Waals surface area contributed by atoms with Gasteiger partial charge in [0.25, 0.3) is 0 Å². The lowest BCUT2D eigenvalue weighted by molar-refractivity contribution is -0.148. The zero-order chi connectivity index (χ0) is 32.0. The van der Waals surface area contributed by atoms with Crippen LogP contribution in [-0.4, -0.2) is 54.3 Å². The molecule has 0 aliphatic carbocycles. The van der Waals surface area contributed by atoms with Crippen molar-refractivity contribution in [3.63, 3.8) is 0 Å². The summed E-state index contributed by atoms with van der Waals surface area (Å²) < 4.78 is 6.74. The van der Waals surface area contributed by atoms with Gasteiger partial charge in [-0.25, -0.2) is 4.68 Å². The molecule has 8 nitrogen and oxygen atoms in total. The van der Waals surface area contributed by atoms with E-state index in [-0.39, 0.29) is 28.1 Å². The van der Waals surface area contributed by atoms with Gasteiger partial charge in [0.05, 0.1) is 19.7 Å². The molecule has 46 heavy (non-hydrogen) atoms. The second-order valence-corrected chi connectivity index (χ2v) is 14.6. The summed E-state index contributed by atoms with van der Waals surface area (Å²) in [6, 6.07) is 32.5. The van der Waals surface area contributed by atoms with Crippen molar-refractivity contribution in [3.05, 3.63) is 136 Å². The average molecular weight is 672 g/mol. The number of fused-ring (bicyclic) bond motifs is 1. The molecule has 4 aromatic carbocycles. The van der Waals surface area contributed by atoms with Crippen LogP contribution in [0, 0.1) is 0 Å². The highest BCUT2D eigenvalue weighted by molar-refractivity contribution is 8.01. The predicted octanol–water partition coefficient (Wildman–Crippen LogP) is 7.44. The van der Waals surface area contributed by atoms with E-state index < -0.39 is 6.04 Å². The molecule has 1 aromatic heterocycles. The minimum absolute atomic E-state index is 0.00927. The Balaban J connectivity index is 1.29. The number of benzene rings is 4. The number of rotatable bonds is 9. The highest BCUT2D eigenvalue weighted by atomic mass is 35.5. The van der Waals surface area contributed by atoms with E-state index >= 15 is 0 Å². The van der Waals surface area contributed by atoms with Crippen molar-refractivity contribution >= 4 is 46.6 Å². The summed E-state index contributed by atoms with van der Waals surface area (Å²) in [5, 5.41) is 13.9. The molecular weight excluding hydrogens is 639 g/mol. The van der Waals surface area contributed by atoms with Crippen molar-refractivity contribution in [1.82, 2.24) is 25.1 Å². The van der Waals surface area contributed by atoms with Gasteiger partial charge in [-0.05, 0) is 83.4 Å². The number of tetrazole rings is 1. The zero-order valence-electron chi connectivity index (χ0n) is 25.5. The first-order valence-corrected chi connectivity index (χ1v) is 16.6. The second-order valence-electron chi connectivity index (χ2n) is 12.0. The lowest BCUT2D eigenvalue weighted by Crippen LogP contribution is -2.68. The minimum atomic E-state index is -0.483. The summed E-state index contributed by atoms with van der Waals surface area (Å²) in [5.41, 5.74) is 3.90. The van der Waals surface area contributed by atoms with Crippen LogP contribution < -0.4 is 9.64 Å². The largest absolute Gasteiger partial charge is 0.497 e. The SMILES string of the molecule is COc1ccc(Cn2nnnc2C2N3C(=O)C(N(c4cccc(Cl)c4)C(c4ccccc4)c4cccc(Cl)c4)[C@H]3SC2(C)C)cc1. The predicted molar refractivity (Wildman–Crippen MR) is 182 cm³/mol. The number of anilines is 1. The van der Waals surface area contributed by atoms with E-state index in [0.717, 1.165) is 28.1 Å². The number of aromatic nitrogens is 4. The Morgan fingerprint density at radius 3 is 2.30 bits per heavy atom. The normalized spacial score (nSPS) is 20.6. The standard InChI is InChI=1S/C35H32Cl2N6O2S/c1-35(2)31(32-38-39-40-41(32)21-22-15-17-28(45-3)18-16-22)43-33(44)30(34(43)46-35)42(27-14-8-13-26(37)20-27)29(23-9-5-4-6-10-23)24-11-7-12-25(36)19-24/h4-20,29-31,34H,21H2,1-3H3/t29?,30?,31?,34-/m1/s1. The Morgan fingerprint density at radius 2 is 1.61 bits per heavy atom. The molecule has 2 aliphatic heterocycles. The Bertz CT molecular complexity index is 1870. The van der Waals surface area contributed by atoms with Crippen LogP contribution in [0.25, 0.3) is 0 Å². The fourth-order valence-electron chi connectivity index (χ4n) is 6.62. The Hall–Kier alpha value is -4.05. The summed E-state index contributed by atoms with van der Waals surface area (Å²) in [7, 11) is 1.65. The van der Waals surface area contributed by atoms with E-state index in [1.165, 1.54) is 0 Å². The molecule has 0 N–H and O–H groups in total. The Labute approximate surface area is 282 Å². The van der Waals surface area contributed by atoms with Crippen molar-refractivity contribution in [2.75, 3.05) is 12.0 Å². The molecular formula is C35H32Cl2N6O2S. The number of thioether (sulfide) groups is 1. The van der Waals surface area contributed by atoms with E-state index in [1.807, 2.05) is 89.8 Å². The van der Waals surface area contributed by atoms with Crippen molar-refractivity contribution < 1.29 is 9.53 Å². The van der Waals surface area contributed by atoms with Gasteiger partial charge in [-0.15, -0.1) is 16.9 Å². The first kappa shape index (κ1) is 30.6. The topological polar surface area (TPSA) is 76.4 Å². The first-order valence-electron chi connectivity index (χ1n) is 15.0. The van der Waals surface area contributed by atoms with Gasteiger partial charge >= 0.3 is 0 Å². The number of methoxy groups -OCH3 is 1. The van der Waals surface area contributed by atoms with Crippen molar-refractivity contribution in [3.8, 4) is 5.75 Å². The van der Waals surface area contributed by atoms with Gasteiger partial charge in [0.1, 0.15) is 23.2 Å². The number of hydrogen-bond acceptors (Lipinski definition) is 7. The molecule has 2 fully saturated rings. The maximum Gasteiger partial charge on any atom is 0.250 e. The van der Waals surface area contributed by atoms with Crippen LogP contribution in [0.15, 0.2) is 103 Å². The zero-order valence-corrected chi connectivity index (χ0v) is 27.8. The van der Waals surface area contributed by atoms with Crippen molar-refractivity contribution in [1.29, 1.82) is 0 Å². The van der Waals surface area contributed by atoms with E-state index in [1.54, 1.807) is 23.6 Å². The van der Waals surface area contributed by atoms with E-state index in [2.05, 4.69) is 52.5 Å². The Morgan fingerprint density at radius 1 is 0.913 bits per heavy atom. The maximum absolute atomic E-state index is 14.6. The number of nitrogens with zero attached hydrogens (tertiary/aromatic N) is 6. The van der Waals surface area contributed by atoms with Gasteiger partial charge in [-0.3, -0.25) is 4.79 Å². The lowest BCUT2D eigenvalue weighted by Gasteiger charge is -2.52. The number of halogens is 2. The van der Waals surface area contributed by atoms with E-state index in [4.69, 9.17) is 27.9 Å². The number of β-lactam (4-membered cyclic amide) rings is 1. The highest BCUT2D eigenvalue weighted by Gasteiger charge is 2.65. The van der Waals surface area contributed by atoms with Gasteiger partial charge in [0.2, 0.25) is 5.91 Å². The minimum Gasteiger partial charge on any atom is -0.497 e. The molecule has 234 valence electrons. The van der Waals surface area contributed by atoms with Crippen LogP contribution in [0.4, 0.5) is 5.69 Å². The third-order valence-electron chi connectivity index (χ3n) is 8.67. The average Bonchev–Trinajstić information content (AvgIpc) is 3.60. The van der Waals surface area contributed by atoms with E-state index in [0.29, 0.717) is 22.4 Å². The third kappa shape index (κ3) is 5.50. The molecule has 0 bridgehead atoms. The highest BCUT2D eigenvalue weighted by Crippen LogP contribution is 2.59. The molecule has 11 heteroatoms. The lowest BCUT2D eigenvalue weighted by atomic mass is 9.90. The quantitative estimate of drug-likeness (QED) is 0.151. The summed E-state index contributed by atoms with van der Waals surface area (Å²) in [5.74, 6) is 1.45. The Kier molecular flexibility index (Phi) is 8.17. The first-order chi connectivity index (χ1) is 22.2. The molecule has 2 aliphatic rings. The van der Waals surface area contributed by atoms with Crippen LogP contribution in [0.5, 0.6) is 5.75 Å². The third-order valence-corrected chi connectivity index (χ3v) is 10.7. The molecule has 4 atom stereocenters. The van der Waals surface area contributed by atoms with Gasteiger partial charge in [0, 0.05) is 20.5 Å². The molecule has 7 rings (SSSR count). The van der Waals surface area contributed by atoms with Crippen molar-refractivity contribution in [2.45, 2.75) is 48.6 Å². The van der Waals surface area contributed by atoms with E-state index in [9.17, 15) is 4.79 Å². The number of ether oxygens (including phenoxy) is 1. The van der Waals surface area contributed by atoms with Gasteiger partial charge in [0.15, 0.2) is 5.82 Å². The van der Waals surface area contributed by atoms with Crippen LogP contribution in [0.1, 0.15) is 48.4 Å². The molecule has 3 heterocycles. The van der Waals surface area contributed by atoms with Crippen LogP contribution >= 0.6 is 35.0 Å². The number of amides is 1. The molecule has 5 aromatic rings. The van der Waals surface area contributed by atoms with Gasteiger partial charge < -0.3 is 14.5 Å². The summed E-state index contributed by atoms with van der Waals surface area (Å²) in [6.07, 6.45) is 0. The van der Waals surface area contributed by atoms with Crippen LogP contribution in [0.2, 0.25) is 10.0 Å². The fourth-order valence-corrected chi connectivity index (χ4v) is 8.69. The van der Waals surface area contributed by atoms with Crippen LogP contribution in [0.3, 0.4) is 0 Å². The smallest absolute Gasteiger partial charge is 0.250 e. The molecule has 3 unspecified atom stereocenters. The molecule has 0 radical (unpaired) electrons. The number of carbonyl (C=O) groups excluding carboxylic acids is 1. The fraction of sp³-hybridized carbons (Fsp3) is 0.257. The summed E-state index contributed by atoms with van der Waals surface area (Å²) in [4.78, 5) is 18.8. The maximum atomic E-state index is 14.6. The monoisotopic (exact) mass is 670 g/mol. The second kappa shape index (κ2) is 12.3. The molecule has 2 saturated heterocycles.